The van der Waals surface area contributed by atoms with Crippen molar-refractivity contribution in [1.29, 1.82) is 0 Å². The van der Waals surface area contributed by atoms with E-state index < -0.39 is 30.2 Å². The molecule has 0 unspecified atom stereocenters. The number of allylic oxidation sites excluding steroid dienone is 1. The Bertz CT molecular complexity index is 818. The fourth-order valence-electron chi connectivity index (χ4n) is 3.65. The van der Waals surface area contributed by atoms with E-state index in [4.69, 9.17) is 0 Å². The van der Waals surface area contributed by atoms with Gasteiger partial charge >= 0.3 is 6.18 Å². The van der Waals surface area contributed by atoms with Crippen LogP contribution in [-0.2, 0) is 0 Å². The molecule has 0 aromatic heterocycles. The van der Waals surface area contributed by atoms with Crippen molar-refractivity contribution < 1.29 is 26.7 Å². The van der Waals surface area contributed by atoms with Crippen molar-refractivity contribution in [2.24, 2.45) is 5.92 Å². The lowest BCUT2D eigenvalue weighted by molar-refractivity contribution is -0.153. The van der Waals surface area contributed by atoms with E-state index >= 15 is 0 Å². The van der Waals surface area contributed by atoms with Crippen LogP contribution in [0.3, 0.4) is 0 Å². The van der Waals surface area contributed by atoms with Crippen molar-refractivity contribution in [2.75, 3.05) is 6.61 Å². The topological polar surface area (TPSA) is 9.23 Å². The standard InChI is InChI=1S/C22H21F5O/c1-2-14-3-5-15(6-4-14)16-7-9-17(10-8-16)18-11-12-19(21(24)20(18)23)28-13-22(25,26)27/h2,7-12,14-15H,1,3-6,13H2. The molecule has 0 N–H and O–H groups in total. The van der Waals surface area contributed by atoms with Crippen LogP contribution in [0.4, 0.5) is 22.0 Å². The molecule has 3 rings (SSSR count). The summed E-state index contributed by atoms with van der Waals surface area (Å²) in [5.41, 5.74) is 1.60. The van der Waals surface area contributed by atoms with Gasteiger partial charge in [-0.1, -0.05) is 30.3 Å². The van der Waals surface area contributed by atoms with E-state index in [-0.39, 0.29) is 5.56 Å². The second kappa shape index (κ2) is 8.33. The van der Waals surface area contributed by atoms with Crippen molar-refractivity contribution in [3.05, 3.63) is 66.3 Å². The van der Waals surface area contributed by atoms with Crippen molar-refractivity contribution in [2.45, 2.75) is 37.8 Å². The molecule has 0 amide bonds. The third kappa shape index (κ3) is 4.72. The predicted octanol–water partition coefficient (Wildman–Crippen LogP) is 7.03. The Morgan fingerprint density at radius 2 is 1.57 bits per heavy atom. The van der Waals surface area contributed by atoms with Crippen LogP contribution < -0.4 is 4.74 Å². The molecule has 1 saturated carbocycles. The molecule has 28 heavy (non-hydrogen) atoms. The van der Waals surface area contributed by atoms with E-state index in [1.807, 2.05) is 18.2 Å². The van der Waals surface area contributed by atoms with Crippen LogP contribution >= 0.6 is 0 Å². The van der Waals surface area contributed by atoms with Gasteiger partial charge in [0.2, 0.25) is 5.82 Å². The fraction of sp³-hybridized carbons (Fsp3) is 0.364. The zero-order valence-corrected chi connectivity index (χ0v) is 15.2. The van der Waals surface area contributed by atoms with Gasteiger partial charge < -0.3 is 4.74 Å². The SMILES string of the molecule is C=CC1CCC(c2ccc(-c3ccc(OCC(F)(F)F)c(F)c3F)cc2)CC1. The molecule has 0 spiro atoms. The maximum Gasteiger partial charge on any atom is 0.422 e. The normalized spacial score (nSPS) is 20.0. The highest BCUT2D eigenvalue weighted by atomic mass is 19.4. The van der Waals surface area contributed by atoms with Crippen LogP contribution in [0.1, 0.15) is 37.2 Å². The summed E-state index contributed by atoms with van der Waals surface area (Å²) in [7, 11) is 0. The summed E-state index contributed by atoms with van der Waals surface area (Å²) in [5.74, 6) is -2.41. The van der Waals surface area contributed by atoms with E-state index in [0.29, 0.717) is 17.4 Å². The quantitative estimate of drug-likeness (QED) is 0.389. The monoisotopic (exact) mass is 396 g/mol. The van der Waals surface area contributed by atoms with Crippen molar-refractivity contribution in [1.82, 2.24) is 0 Å². The van der Waals surface area contributed by atoms with E-state index in [1.54, 1.807) is 12.1 Å². The summed E-state index contributed by atoms with van der Waals surface area (Å²) in [4.78, 5) is 0. The van der Waals surface area contributed by atoms with Gasteiger partial charge in [-0.2, -0.15) is 17.6 Å². The van der Waals surface area contributed by atoms with Gasteiger partial charge in [0.15, 0.2) is 18.2 Å². The van der Waals surface area contributed by atoms with Crippen molar-refractivity contribution in [3.8, 4) is 16.9 Å². The average molecular weight is 396 g/mol. The smallest absolute Gasteiger partial charge is 0.422 e. The Morgan fingerprint density at radius 1 is 0.929 bits per heavy atom. The molecular formula is C22H21F5O. The van der Waals surface area contributed by atoms with E-state index in [0.717, 1.165) is 37.3 Å². The Morgan fingerprint density at radius 3 is 2.14 bits per heavy atom. The maximum atomic E-state index is 14.4. The Hall–Kier alpha value is -2.37. The first-order valence-electron chi connectivity index (χ1n) is 9.19. The largest absolute Gasteiger partial charge is 0.481 e. The summed E-state index contributed by atoms with van der Waals surface area (Å²) < 4.78 is 69.4. The summed E-state index contributed by atoms with van der Waals surface area (Å²) in [5, 5.41) is 0. The molecule has 0 bridgehead atoms. The van der Waals surface area contributed by atoms with Gasteiger partial charge in [0.1, 0.15) is 0 Å². The first-order valence-corrected chi connectivity index (χ1v) is 9.19. The molecular weight excluding hydrogens is 375 g/mol. The maximum absolute atomic E-state index is 14.4. The van der Waals surface area contributed by atoms with Gasteiger partial charge in [-0.05, 0) is 60.8 Å². The first-order chi connectivity index (χ1) is 13.3. The third-order valence-electron chi connectivity index (χ3n) is 5.24. The minimum Gasteiger partial charge on any atom is -0.481 e. The van der Waals surface area contributed by atoms with Gasteiger partial charge in [-0.15, -0.1) is 6.58 Å². The highest BCUT2D eigenvalue weighted by Crippen LogP contribution is 2.37. The molecule has 1 aliphatic carbocycles. The molecule has 0 radical (unpaired) electrons. The Balaban J connectivity index is 1.75. The zero-order valence-electron chi connectivity index (χ0n) is 15.2. The van der Waals surface area contributed by atoms with Gasteiger partial charge in [0.05, 0.1) is 0 Å². The highest BCUT2D eigenvalue weighted by Gasteiger charge is 2.29. The predicted molar refractivity (Wildman–Crippen MR) is 98.2 cm³/mol. The van der Waals surface area contributed by atoms with Crippen molar-refractivity contribution in [3.63, 3.8) is 0 Å². The second-order valence-electron chi connectivity index (χ2n) is 7.11. The van der Waals surface area contributed by atoms with Crippen LogP contribution in [0.25, 0.3) is 11.1 Å². The Kier molecular flexibility index (Phi) is 6.06. The minimum absolute atomic E-state index is 0.0150. The number of rotatable bonds is 5. The third-order valence-corrected chi connectivity index (χ3v) is 5.24. The molecule has 0 saturated heterocycles. The number of alkyl halides is 3. The fourth-order valence-corrected chi connectivity index (χ4v) is 3.65. The van der Waals surface area contributed by atoms with Gasteiger partial charge in [0.25, 0.3) is 0 Å². The molecule has 0 heterocycles. The molecule has 0 atom stereocenters. The summed E-state index contributed by atoms with van der Waals surface area (Å²) >= 11 is 0. The molecule has 150 valence electrons. The molecule has 2 aromatic carbocycles. The average Bonchev–Trinajstić information content (AvgIpc) is 2.69. The van der Waals surface area contributed by atoms with Crippen LogP contribution in [0.15, 0.2) is 49.1 Å². The molecule has 1 fully saturated rings. The lowest BCUT2D eigenvalue weighted by Gasteiger charge is -2.27. The van der Waals surface area contributed by atoms with Crippen LogP contribution in [0.2, 0.25) is 0 Å². The Labute approximate surface area is 160 Å². The molecule has 0 aliphatic heterocycles. The number of benzene rings is 2. The van der Waals surface area contributed by atoms with Crippen molar-refractivity contribution >= 4 is 0 Å². The highest BCUT2D eigenvalue weighted by molar-refractivity contribution is 5.65. The second-order valence-corrected chi connectivity index (χ2v) is 7.11. The van der Waals surface area contributed by atoms with Gasteiger partial charge in [0, 0.05) is 5.56 Å². The van der Waals surface area contributed by atoms with E-state index in [2.05, 4.69) is 11.3 Å². The number of ether oxygens (including phenoxy) is 1. The van der Waals surface area contributed by atoms with E-state index in [9.17, 15) is 22.0 Å². The van der Waals surface area contributed by atoms with E-state index in [1.165, 1.54) is 6.07 Å². The minimum atomic E-state index is -4.62. The summed E-state index contributed by atoms with van der Waals surface area (Å²) in [6.45, 7) is 2.17. The lowest BCUT2D eigenvalue weighted by Crippen LogP contribution is -2.19. The van der Waals surface area contributed by atoms with Crippen LogP contribution in [-0.4, -0.2) is 12.8 Å². The van der Waals surface area contributed by atoms with Gasteiger partial charge in [-0.3, -0.25) is 0 Å². The zero-order chi connectivity index (χ0) is 20.3. The molecule has 2 aromatic rings. The number of hydrogen-bond acceptors (Lipinski definition) is 1. The molecule has 1 nitrogen and oxygen atoms in total. The van der Waals surface area contributed by atoms with Gasteiger partial charge in [-0.25, -0.2) is 4.39 Å². The molecule has 6 heteroatoms. The first kappa shape index (κ1) is 20.4. The lowest BCUT2D eigenvalue weighted by atomic mass is 9.78. The van der Waals surface area contributed by atoms with Crippen LogP contribution in [0, 0.1) is 17.6 Å². The number of hydrogen-bond donors (Lipinski definition) is 0. The summed E-state index contributed by atoms with van der Waals surface area (Å²) in [6, 6.07) is 9.48. The molecule has 1 aliphatic rings. The number of halogens is 5. The summed E-state index contributed by atoms with van der Waals surface area (Å²) in [6.07, 6.45) is 1.68. The van der Waals surface area contributed by atoms with Crippen LogP contribution in [0.5, 0.6) is 5.75 Å².